The standard InChI is InChI=1S/C40H58O7Si/c1-10-32-33(44-32)21-34-35(47-48(8,9)39(5,6)7)27(3)36(42-24-30-19-15-12-16-20-30)38-37(45-34)26(2)28(4)40(46-38)22-31(25-43-40)41-23-29-17-13-11-14-18-29/h10-20,26-28,31-38H,1,21-25H2,2-9H3/t26-,27+,28-,31-,32+,33+,34-,35+,36-,37+,38-,40+/m0/s1. The molecule has 0 saturated carbocycles. The molecule has 4 heterocycles. The van der Waals surface area contributed by atoms with E-state index >= 15 is 0 Å². The summed E-state index contributed by atoms with van der Waals surface area (Å²) < 4.78 is 48.0. The van der Waals surface area contributed by atoms with Crippen LogP contribution in [0.2, 0.25) is 18.1 Å². The first-order valence-electron chi connectivity index (χ1n) is 18.1. The molecule has 0 unspecified atom stereocenters. The summed E-state index contributed by atoms with van der Waals surface area (Å²) in [6.45, 7) is 23.8. The van der Waals surface area contributed by atoms with Gasteiger partial charge in [0.1, 0.15) is 12.2 Å². The highest BCUT2D eigenvalue weighted by molar-refractivity contribution is 6.74. The number of ether oxygens (including phenoxy) is 6. The molecule has 0 radical (unpaired) electrons. The molecular formula is C40H58O7Si. The highest BCUT2D eigenvalue weighted by Crippen LogP contribution is 2.51. The van der Waals surface area contributed by atoms with Crippen molar-refractivity contribution in [2.24, 2.45) is 17.8 Å². The van der Waals surface area contributed by atoms with Gasteiger partial charge in [-0.15, -0.1) is 6.58 Å². The highest BCUT2D eigenvalue weighted by atomic mass is 28.4. The lowest BCUT2D eigenvalue weighted by Crippen LogP contribution is -2.61. The number of fused-ring (bicyclic) bond motifs is 1. The summed E-state index contributed by atoms with van der Waals surface area (Å²) in [5.74, 6) is -0.600. The number of hydrogen-bond donors (Lipinski definition) is 0. The van der Waals surface area contributed by atoms with Gasteiger partial charge >= 0.3 is 0 Å². The first-order chi connectivity index (χ1) is 22.8. The normalized spacial score (nSPS) is 38.4. The molecule has 1 spiro atoms. The van der Waals surface area contributed by atoms with Crippen LogP contribution in [0.1, 0.15) is 65.5 Å². The van der Waals surface area contributed by atoms with Gasteiger partial charge in [0.05, 0.1) is 56.4 Å². The fourth-order valence-corrected chi connectivity index (χ4v) is 9.00. The summed E-state index contributed by atoms with van der Waals surface area (Å²) in [7, 11) is -2.21. The van der Waals surface area contributed by atoms with E-state index in [1.165, 1.54) is 0 Å². The number of hydrogen-bond acceptors (Lipinski definition) is 7. The van der Waals surface area contributed by atoms with E-state index in [0.717, 1.165) is 17.5 Å². The third-order valence-electron chi connectivity index (χ3n) is 11.9. The van der Waals surface area contributed by atoms with E-state index in [0.29, 0.717) is 26.2 Å². The third kappa shape index (κ3) is 7.57. The molecule has 4 saturated heterocycles. The lowest BCUT2D eigenvalue weighted by atomic mass is 9.76. The Morgan fingerprint density at radius 1 is 0.833 bits per heavy atom. The maximum atomic E-state index is 7.35. The van der Waals surface area contributed by atoms with Crippen LogP contribution in [0, 0.1) is 17.8 Å². The van der Waals surface area contributed by atoms with Crippen molar-refractivity contribution in [3.8, 4) is 0 Å². The number of benzene rings is 2. The fraction of sp³-hybridized carbons (Fsp3) is 0.650. The van der Waals surface area contributed by atoms with Gasteiger partial charge in [-0.2, -0.15) is 0 Å². The largest absolute Gasteiger partial charge is 0.411 e. The van der Waals surface area contributed by atoms with Gasteiger partial charge in [0.2, 0.25) is 0 Å². The molecule has 2 aromatic rings. The molecule has 0 aliphatic carbocycles. The van der Waals surface area contributed by atoms with E-state index in [2.05, 4.69) is 97.6 Å². The maximum absolute atomic E-state index is 7.35. The predicted octanol–water partition coefficient (Wildman–Crippen LogP) is 8.08. The molecule has 2 aromatic carbocycles. The molecule has 8 heteroatoms. The first kappa shape index (κ1) is 35.9. The molecule has 7 nitrogen and oxygen atoms in total. The van der Waals surface area contributed by atoms with Gasteiger partial charge < -0.3 is 32.8 Å². The Morgan fingerprint density at radius 2 is 1.46 bits per heavy atom. The molecule has 0 aromatic heterocycles. The van der Waals surface area contributed by atoms with Crippen LogP contribution in [-0.2, 0) is 46.1 Å². The van der Waals surface area contributed by atoms with E-state index in [1.807, 2.05) is 30.3 Å². The van der Waals surface area contributed by atoms with Crippen LogP contribution in [0.5, 0.6) is 0 Å². The van der Waals surface area contributed by atoms with Crippen LogP contribution in [0.4, 0.5) is 0 Å². The molecule has 12 atom stereocenters. The van der Waals surface area contributed by atoms with Gasteiger partial charge in [-0.1, -0.05) is 108 Å². The van der Waals surface area contributed by atoms with Crippen molar-refractivity contribution in [2.45, 2.75) is 140 Å². The Kier molecular flexibility index (Phi) is 10.8. The van der Waals surface area contributed by atoms with Crippen molar-refractivity contribution in [3.05, 3.63) is 84.4 Å². The van der Waals surface area contributed by atoms with Gasteiger partial charge in [0.15, 0.2) is 14.1 Å². The minimum Gasteiger partial charge on any atom is -0.411 e. The van der Waals surface area contributed by atoms with Gasteiger partial charge in [0.25, 0.3) is 0 Å². The van der Waals surface area contributed by atoms with Crippen LogP contribution < -0.4 is 0 Å². The van der Waals surface area contributed by atoms with Crippen molar-refractivity contribution in [1.82, 2.24) is 0 Å². The van der Waals surface area contributed by atoms with Gasteiger partial charge in [-0.3, -0.25) is 0 Å². The van der Waals surface area contributed by atoms with E-state index < -0.39 is 14.1 Å². The minimum absolute atomic E-state index is 0.0204. The summed E-state index contributed by atoms with van der Waals surface area (Å²) in [5.41, 5.74) is 2.28. The third-order valence-corrected chi connectivity index (χ3v) is 16.4. The molecule has 6 rings (SSSR count). The van der Waals surface area contributed by atoms with E-state index in [1.54, 1.807) is 0 Å². The second-order valence-corrected chi connectivity index (χ2v) is 20.9. The van der Waals surface area contributed by atoms with Gasteiger partial charge in [0, 0.05) is 24.7 Å². The Morgan fingerprint density at radius 3 is 2.04 bits per heavy atom. The van der Waals surface area contributed by atoms with Crippen molar-refractivity contribution in [1.29, 1.82) is 0 Å². The summed E-state index contributed by atoms with van der Waals surface area (Å²) in [5, 5.41) is 0.0330. The van der Waals surface area contributed by atoms with Crippen molar-refractivity contribution >= 4 is 8.32 Å². The Bertz CT molecular complexity index is 1350. The van der Waals surface area contributed by atoms with Crippen LogP contribution in [0.25, 0.3) is 0 Å². The van der Waals surface area contributed by atoms with Crippen molar-refractivity contribution < 1.29 is 32.8 Å². The summed E-state index contributed by atoms with van der Waals surface area (Å²) in [4.78, 5) is 0. The van der Waals surface area contributed by atoms with Gasteiger partial charge in [-0.25, -0.2) is 0 Å². The fourth-order valence-electron chi connectivity index (χ4n) is 7.60. The highest BCUT2D eigenvalue weighted by Gasteiger charge is 2.61. The SMILES string of the molecule is C=C[C@H]1O[C@@H]1C[C@@H]1O[C@@H]2[C@@H](C)[C@H](C)[C@@]3(C[C@H](OCc4ccccc4)CO3)O[C@H]2[C@@H](OCc2ccccc2)[C@H](C)[C@H]1O[Si](C)(C)C(C)(C)C. The molecule has 4 aliphatic heterocycles. The molecule has 4 fully saturated rings. The zero-order chi connectivity index (χ0) is 34.3. The predicted molar refractivity (Wildman–Crippen MR) is 190 cm³/mol. The number of epoxide rings is 1. The topological polar surface area (TPSA) is 67.9 Å². The molecule has 48 heavy (non-hydrogen) atoms. The van der Waals surface area contributed by atoms with Crippen LogP contribution in [0.15, 0.2) is 73.3 Å². The maximum Gasteiger partial charge on any atom is 0.192 e. The quantitative estimate of drug-likeness (QED) is 0.135. The van der Waals surface area contributed by atoms with E-state index in [-0.39, 0.29) is 71.6 Å². The van der Waals surface area contributed by atoms with Crippen LogP contribution in [-0.4, -0.2) is 69.5 Å². The zero-order valence-electron chi connectivity index (χ0n) is 30.3. The Balaban J connectivity index is 1.31. The monoisotopic (exact) mass is 678 g/mol. The summed E-state index contributed by atoms with van der Waals surface area (Å²) in [6.07, 6.45) is 2.16. The average Bonchev–Trinajstić information content (AvgIpc) is 3.72. The smallest absolute Gasteiger partial charge is 0.192 e. The molecule has 0 amide bonds. The van der Waals surface area contributed by atoms with Gasteiger partial charge in [-0.05, 0) is 35.2 Å². The second-order valence-electron chi connectivity index (χ2n) is 16.2. The summed E-state index contributed by atoms with van der Waals surface area (Å²) >= 11 is 0. The van der Waals surface area contributed by atoms with Crippen molar-refractivity contribution in [2.75, 3.05) is 6.61 Å². The molecule has 4 aliphatic rings. The zero-order valence-corrected chi connectivity index (χ0v) is 31.3. The van der Waals surface area contributed by atoms with Crippen LogP contribution in [0.3, 0.4) is 0 Å². The number of rotatable bonds is 11. The second kappa shape index (κ2) is 14.4. The average molecular weight is 679 g/mol. The summed E-state index contributed by atoms with van der Waals surface area (Å²) in [6, 6.07) is 20.7. The molecule has 0 N–H and O–H groups in total. The Labute approximate surface area is 289 Å². The Hall–Kier alpha value is -1.88. The van der Waals surface area contributed by atoms with Crippen LogP contribution >= 0.6 is 0 Å². The molecule has 264 valence electrons. The minimum atomic E-state index is -2.21. The molecule has 0 bridgehead atoms. The molecular weight excluding hydrogens is 621 g/mol. The lowest BCUT2D eigenvalue weighted by Gasteiger charge is -2.51. The van der Waals surface area contributed by atoms with Crippen molar-refractivity contribution in [3.63, 3.8) is 0 Å². The van der Waals surface area contributed by atoms with E-state index in [9.17, 15) is 0 Å². The lowest BCUT2D eigenvalue weighted by molar-refractivity contribution is -0.340. The first-order valence-corrected chi connectivity index (χ1v) is 21.0. The van der Waals surface area contributed by atoms with E-state index in [4.69, 9.17) is 32.8 Å².